The average molecular weight is 379 g/mol. The molecule has 4 nitrogen and oxygen atoms in total. The lowest BCUT2D eigenvalue weighted by atomic mass is 9.93. The first-order valence-electron chi connectivity index (χ1n) is 7.87. The van der Waals surface area contributed by atoms with Gasteiger partial charge >= 0.3 is 0 Å². The molecular weight excluding hydrogens is 356 g/mol. The van der Waals surface area contributed by atoms with Gasteiger partial charge in [-0.1, -0.05) is 48.2 Å². The Labute approximate surface area is 146 Å². The molecule has 5 heteroatoms. The van der Waals surface area contributed by atoms with Gasteiger partial charge < -0.3 is 10.5 Å². The third-order valence-electron chi connectivity index (χ3n) is 4.19. The lowest BCUT2D eigenvalue weighted by molar-refractivity contribution is -0.114. The van der Waals surface area contributed by atoms with E-state index in [1.54, 1.807) is 13.2 Å². The summed E-state index contributed by atoms with van der Waals surface area (Å²) < 4.78 is 6.22. The van der Waals surface area contributed by atoms with Gasteiger partial charge in [0.15, 0.2) is 0 Å². The van der Waals surface area contributed by atoms with Gasteiger partial charge in [-0.05, 0) is 30.6 Å². The van der Waals surface area contributed by atoms with Crippen molar-refractivity contribution in [1.29, 1.82) is 0 Å². The highest BCUT2D eigenvalue weighted by Gasteiger charge is 2.22. The summed E-state index contributed by atoms with van der Waals surface area (Å²) in [5.41, 5.74) is 7.69. The SMILES string of the molecule is C=C(Br)/C=C\C(OC)=C1\C=C(C(N)=O)N=C(CC2CCCC2)C1. The molecule has 1 saturated carbocycles. The molecule has 2 aliphatic rings. The first-order valence-corrected chi connectivity index (χ1v) is 8.66. The van der Waals surface area contributed by atoms with Gasteiger partial charge in [0.1, 0.15) is 11.5 Å². The highest BCUT2D eigenvalue weighted by Crippen LogP contribution is 2.31. The van der Waals surface area contributed by atoms with Crippen LogP contribution in [0.1, 0.15) is 38.5 Å². The molecule has 0 unspecified atom stereocenters. The van der Waals surface area contributed by atoms with Gasteiger partial charge in [-0.15, -0.1) is 0 Å². The van der Waals surface area contributed by atoms with Crippen LogP contribution in [-0.2, 0) is 9.53 Å². The lowest BCUT2D eigenvalue weighted by Crippen LogP contribution is -2.19. The van der Waals surface area contributed by atoms with Crippen LogP contribution in [0, 0.1) is 5.92 Å². The van der Waals surface area contributed by atoms with Crippen LogP contribution < -0.4 is 5.73 Å². The number of allylic oxidation sites excluding steroid dienone is 5. The molecule has 124 valence electrons. The zero-order valence-electron chi connectivity index (χ0n) is 13.5. The number of aliphatic imine (C=N–C) groups is 1. The van der Waals surface area contributed by atoms with Gasteiger partial charge in [0.2, 0.25) is 0 Å². The molecule has 0 bridgehead atoms. The summed E-state index contributed by atoms with van der Waals surface area (Å²) in [7, 11) is 1.61. The molecule has 0 radical (unpaired) electrons. The Morgan fingerprint density at radius 2 is 2.17 bits per heavy atom. The Morgan fingerprint density at radius 1 is 1.48 bits per heavy atom. The Bertz CT molecular complexity index is 609. The molecule has 1 amide bonds. The van der Waals surface area contributed by atoms with Crippen LogP contribution in [0.3, 0.4) is 0 Å². The van der Waals surface area contributed by atoms with Crippen LogP contribution in [0.25, 0.3) is 0 Å². The fourth-order valence-corrected chi connectivity index (χ4v) is 3.23. The molecule has 2 rings (SSSR count). The van der Waals surface area contributed by atoms with E-state index in [2.05, 4.69) is 27.5 Å². The van der Waals surface area contributed by atoms with E-state index in [4.69, 9.17) is 10.5 Å². The monoisotopic (exact) mass is 378 g/mol. The van der Waals surface area contributed by atoms with Gasteiger partial charge in [0, 0.05) is 22.2 Å². The Hall–Kier alpha value is -1.62. The van der Waals surface area contributed by atoms with Crippen molar-refractivity contribution in [3.05, 3.63) is 46.3 Å². The van der Waals surface area contributed by atoms with Crippen LogP contribution in [0.15, 0.2) is 51.3 Å². The number of hydrogen-bond donors (Lipinski definition) is 1. The number of amides is 1. The zero-order chi connectivity index (χ0) is 16.8. The van der Waals surface area contributed by atoms with Crippen LogP contribution in [0.5, 0.6) is 0 Å². The second kappa shape index (κ2) is 8.29. The molecular formula is C18H23BrN2O2. The van der Waals surface area contributed by atoms with Crippen molar-refractivity contribution in [1.82, 2.24) is 0 Å². The number of methoxy groups -OCH3 is 1. The van der Waals surface area contributed by atoms with E-state index >= 15 is 0 Å². The smallest absolute Gasteiger partial charge is 0.267 e. The third-order valence-corrected chi connectivity index (χ3v) is 4.45. The number of ether oxygens (including phenoxy) is 1. The van der Waals surface area contributed by atoms with E-state index in [9.17, 15) is 4.79 Å². The van der Waals surface area contributed by atoms with Gasteiger partial charge in [0.25, 0.3) is 5.91 Å². The first-order chi connectivity index (χ1) is 11.0. The number of carbonyl (C=O) groups is 1. The first kappa shape index (κ1) is 17.7. The van der Waals surface area contributed by atoms with Gasteiger partial charge in [-0.25, -0.2) is 0 Å². The summed E-state index contributed by atoms with van der Waals surface area (Å²) >= 11 is 3.29. The van der Waals surface area contributed by atoms with E-state index in [0.29, 0.717) is 23.8 Å². The summed E-state index contributed by atoms with van der Waals surface area (Å²) in [6.07, 6.45) is 12.1. The highest BCUT2D eigenvalue weighted by atomic mass is 79.9. The van der Waals surface area contributed by atoms with Gasteiger partial charge in [-0.2, -0.15) is 0 Å². The molecule has 0 atom stereocenters. The van der Waals surface area contributed by atoms with Crippen LogP contribution in [0.2, 0.25) is 0 Å². The normalized spacial score (nSPS) is 21.1. The minimum absolute atomic E-state index is 0.305. The maximum Gasteiger partial charge on any atom is 0.267 e. The molecule has 0 aromatic heterocycles. The molecule has 2 N–H and O–H groups in total. The van der Waals surface area contributed by atoms with E-state index in [-0.39, 0.29) is 0 Å². The van der Waals surface area contributed by atoms with E-state index in [0.717, 1.165) is 22.2 Å². The lowest BCUT2D eigenvalue weighted by Gasteiger charge is -2.18. The second-order valence-electron chi connectivity index (χ2n) is 5.98. The van der Waals surface area contributed by atoms with E-state index in [1.165, 1.54) is 25.7 Å². The Kier molecular flexibility index (Phi) is 6.39. The van der Waals surface area contributed by atoms with E-state index in [1.807, 2.05) is 12.2 Å². The molecule has 0 saturated heterocycles. The van der Waals surface area contributed by atoms with Crippen molar-refractivity contribution in [3.8, 4) is 0 Å². The number of carbonyl (C=O) groups excluding carboxylic acids is 1. The van der Waals surface area contributed by atoms with Crippen molar-refractivity contribution in [2.75, 3.05) is 7.11 Å². The molecule has 1 heterocycles. The molecule has 0 spiro atoms. The predicted octanol–water partition coefficient (Wildman–Crippen LogP) is 4.15. The highest BCUT2D eigenvalue weighted by molar-refractivity contribution is 9.11. The largest absolute Gasteiger partial charge is 0.496 e. The molecule has 1 aliphatic carbocycles. The number of nitrogens with two attached hydrogens (primary N) is 1. The molecule has 23 heavy (non-hydrogen) atoms. The molecule has 1 aliphatic heterocycles. The Morgan fingerprint density at radius 3 is 2.74 bits per heavy atom. The van der Waals surface area contributed by atoms with Gasteiger partial charge in [-0.3, -0.25) is 9.79 Å². The summed E-state index contributed by atoms with van der Waals surface area (Å²) in [6.45, 7) is 3.77. The number of halogens is 1. The Balaban J connectivity index is 2.28. The van der Waals surface area contributed by atoms with Crippen molar-refractivity contribution in [3.63, 3.8) is 0 Å². The number of nitrogens with zero attached hydrogens (tertiary/aromatic N) is 1. The number of rotatable bonds is 6. The van der Waals surface area contributed by atoms with Crippen molar-refractivity contribution < 1.29 is 9.53 Å². The maximum absolute atomic E-state index is 11.6. The molecule has 0 aromatic carbocycles. The van der Waals surface area contributed by atoms with Crippen LogP contribution >= 0.6 is 15.9 Å². The standard InChI is InChI=1S/C18H23BrN2O2/c1-12(19)7-8-17(23-2)14-10-15(9-13-5-3-4-6-13)21-16(11-14)18(20)22/h7-8,11,13H,1,3-6,9-10H2,2H3,(H2,20,22)/b8-7-,17-14-. The average Bonchev–Trinajstić information content (AvgIpc) is 3.00. The second-order valence-corrected chi connectivity index (χ2v) is 7.00. The van der Waals surface area contributed by atoms with Crippen LogP contribution in [-0.4, -0.2) is 18.7 Å². The fourth-order valence-electron chi connectivity index (χ4n) is 3.10. The van der Waals surface area contributed by atoms with Gasteiger partial charge in [0.05, 0.1) is 7.11 Å². The third kappa shape index (κ3) is 5.20. The van der Waals surface area contributed by atoms with Crippen molar-refractivity contribution >= 4 is 27.5 Å². The molecule has 0 aromatic rings. The van der Waals surface area contributed by atoms with E-state index < -0.39 is 5.91 Å². The fraction of sp³-hybridized carbons (Fsp3) is 0.444. The zero-order valence-corrected chi connectivity index (χ0v) is 15.1. The summed E-state index contributed by atoms with van der Waals surface area (Å²) in [6, 6.07) is 0. The molecule has 1 fully saturated rings. The summed E-state index contributed by atoms with van der Waals surface area (Å²) in [5, 5.41) is 0. The van der Waals surface area contributed by atoms with Crippen molar-refractivity contribution in [2.45, 2.75) is 38.5 Å². The minimum atomic E-state index is -0.504. The number of primary amides is 1. The maximum atomic E-state index is 11.6. The summed E-state index contributed by atoms with van der Waals surface area (Å²) in [4.78, 5) is 16.1. The predicted molar refractivity (Wildman–Crippen MR) is 97.1 cm³/mol. The van der Waals surface area contributed by atoms with Crippen molar-refractivity contribution in [2.24, 2.45) is 16.6 Å². The minimum Gasteiger partial charge on any atom is -0.496 e. The topological polar surface area (TPSA) is 64.7 Å². The summed E-state index contributed by atoms with van der Waals surface area (Å²) in [5.74, 6) is 0.865. The van der Waals surface area contributed by atoms with Crippen LogP contribution in [0.4, 0.5) is 0 Å². The quantitative estimate of drug-likeness (QED) is 0.557. The number of hydrogen-bond acceptors (Lipinski definition) is 3.